The summed E-state index contributed by atoms with van der Waals surface area (Å²) in [6.07, 6.45) is 5.07. The highest BCUT2D eigenvalue weighted by Gasteiger charge is 2.21. The third-order valence-corrected chi connectivity index (χ3v) is 3.92. The molecular weight excluding hydrogens is 240 g/mol. The number of aromatic nitrogens is 3. The number of anilines is 1. The highest BCUT2D eigenvalue weighted by molar-refractivity contribution is 7.94. The standard InChI is InChI=1S/C10H10N4O2S/c15-17(16)6-3-8(7-17)12-9-2-5-14-10(13-9)1-4-11-14/h1-6,8H,7H2,(H,12,13). The lowest BCUT2D eigenvalue weighted by Crippen LogP contribution is -2.21. The molecule has 3 rings (SSSR count). The molecule has 1 aliphatic heterocycles. The molecule has 2 aromatic heterocycles. The van der Waals surface area contributed by atoms with Gasteiger partial charge in [0.25, 0.3) is 0 Å². The van der Waals surface area contributed by atoms with Crippen LogP contribution in [0.15, 0.2) is 36.0 Å². The Hall–Kier alpha value is -1.89. The lowest BCUT2D eigenvalue weighted by molar-refractivity contribution is 0.605. The smallest absolute Gasteiger partial charge is 0.173 e. The van der Waals surface area contributed by atoms with Gasteiger partial charge in [-0.15, -0.1) is 0 Å². The molecule has 0 spiro atoms. The summed E-state index contributed by atoms with van der Waals surface area (Å²) >= 11 is 0. The molecular formula is C10H10N4O2S. The zero-order valence-electron chi connectivity index (χ0n) is 8.81. The van der Waals surface area contributed by atoms with E-state index in [-0.39, 0.29) is 11.8 Å². The normalized spacial score (nSPS) is 22.0. The number of sulfone groups is 1. The Bertz CT molecular complexity index is 689. The minimum Gasteiger partial charge on any atom is -0.363 e. The Balaban J connectivity index is 1.84. The van der Waals surface area contributed by atoms with Crippen LogP contribution in [0.1, 0.15) is 0 Å². The van der Waals surface area contributed by atoms with E-state index in [1.54, 1.807) is 35.1 Å². The molecule has 1 aliphatic rings. The molecule has 0 aliphatic carbocycles. The van der Waals surface area contributed by atoms with Crippen molar-refractivity contribution in [3.05, 3.63) is 36.0 Å². The molecule has 0 bridgehead atoms. The maximum absolute atomic E-state index is 11.2. The third-order valence-electron chi connectivity index (χ3n) is 2.52. The van der Waals surface area contributed by atoms with E-state index < -0.39 is 9.84 Å². The van der Waals surface area contributed by atoms with E-state index in [4.69, 9.17) is 0 Å². The van der Waals surface area contributed by atoms with Gasteiger partial charge >= 0.3 is 0 Å². The van der Waals surface area contributed by atoms with Gasteiger partial charge in [-0.1, -0.05) is 0 Å². The summed E-state index contributed by atoms with van der Waals surface area (Å²) in [5.41, 5.74) is 0.722. The fourth-order valence-electron chi connectivity index (χ4n) is 1.75. The van der Waals surface area contributed by atoms with E-state index in [9.17, 15) is 8.42 Å². The predicted octanol–water partition coefficient (Wildman–Crippen LogP) is 0.452. The van der Waals surface area contributed by atoms with Crippen LogP contribution in [0.3, 0.4) is 0 Å². The zero-order chi connectivity index (χ0) is 11.9. The maximum atomic E-state index is 11.2. The molecule has 1 N–H and O–H groups in total. The van der Waals surface area contributed by atoms with Gasteiger partial charge in [0.2, 0.25) is 0 Å². The molecule has 88 valence electrons. The maximum Gasteiger partial charge on any atom is 0.173 e. The van der Waals surface area contributed by atoms with Crippen LogP contribution in [0.25, 0.3) is 5.65 Å². The molecule has 3 heterocycles. The summed E-state index contributed by atoms with van der Waals surface area (Å²) in [4.78, 5) is 4.31. The lowest BCUT2D eigenvalue weighted by Gasteiger charge is -2.10. The van der Waals surface area contributed by atoms with Gasteiger partial charge < -0.3 is 5.32 Å². The van der Waals surface area contributed by atoms with Crippen molar-refractivity contribution in [2.45, 2.75) is 6.04 Å². The molecule has 1 atom stereocenters. The van der Waals surface area contributed by atoms with Crippen LogP contribution in [0.5, 0.6) is 0 Å². The fraction of sp³-hybridized carbons (Fsp3) is 0.200. The molecule has 1 unspecified atom stereocenters. The third kappa shape index (κ3) is 2.01. The number of fused-ring (bicyclic) bond motifs is 1. The first-order chi connectivity index (χ1) is 8.12. The SMILES string of the molecule is O=S1(=O)C=CC(Nc2ccn3nccc3n2)C1. The van der Waals surface area contributed by atoms with Gasteiger partial charge in [0, 0.05) is 17.7 Å². The van der Waals surface area contributed by atoms with Crippen molar-refractivity contribution in [2.75, 3.05) is 11.1 Å². The van der Waals surface area contributed by atoms with E-state index >= 15 is 0 Å². The summed E-state index contributed by atoms with van der Waals surface area (Å²) in [5, 5.41) is 8.33. The van der Waals surface area contributed by atoms with Crippen molar-refractivity contribution in [3.8, 4) is 0 Å². The second kappa shape index (κ2) is 3.56. The van der Waals surface area contributed by atoms with Gasteiger partial charge in [-0.05, 0) is 12.1 Å². The molecule has 0 saturated carbocycles. The van der Waals surface area contributed by atoms with E-state index in [1.165, 1.54) is 5.41 Å². The van der Waals surface area contributed by atoms with Crippen LogP contribution in [-0.2, 0) is 9.84 Å². The van der Waals surface area contributed by atoms with E-state index in [1.807, 2.05) is 0 Å². The highest BCUT2D eigenvalue weighted by atomic mass is 32.2. The molecule has 6 nitrogen and oxygen atoms in total. The lowest BCUT2D eigenvalue weighted by atomic mass is 10.3. The first kappa shape index (κ1) is 10.3. The van der Waals surface area contributed by atoms with Gasteiger partial charge in [-0.3, -0.25) is 0 Å². The number of nitrogens with zero attached hydrogens (tertiary/aromatic N) is 3. The average molecular weight is 250 g/mol. The number of nitrogens with one attached hydrogen (secondary N) is 1. The Labute approximate surface area is 97.9 Å². The van der Waals surface area contributed by atoms with Crippen molar-refractivity contribution in [1.82, 2.24) is 14.6 Å². The highest BCUT2D eigenvalue weighted by Crippen LogP contribution is 2.14. The van der Waals surface area contributed by atoms with Crippen LogP contribution >= 0.6 is 0 Å². The second-order valence-corrected chi connectivity index (χ2v) is 5.79. The summed E-state index contributed by atoms with van der Waals surface area (Å²) in [5.74, 6) is 0.726. The van der Waals surface area contributed by atoms with Gasteiger partial charge in [-0.25, -0.2) is 17.9 Å². The molecule has 0 saturated heterocycles. The van der Waals surface area contributed by atoms with Crippen molar-refractivity contribution in [1.29, 1.82) is 0 Å². The monoisotopic (exact) mass is 250 g/mol. The van der Waals surface area contributed by atoms with Crippen LogP contribution in [0, 0.1) is 0 Å². The quantitative estimate of drug-likeness (QED) is 0.837. The summed E-state index contributed by atoms with van der Waals surface area (Å²) in [6, 6.07) is 3.34. The van der Waals surface area contributed by atoms with Crippen molar-refractivity contribution >= 4 is 21.3 Å². The fourth-order valence-corrected chi connectivity index (χ4v) is 2.98. The topological polar surface area (TPSA) is 76.4 Å². The largest absolute Gasteiger partial charge is 0.363 e. The first-order valence-electron chi connectivity index (χ1n) is 5.10. The first-order valence-corrected chi connectivity index (χ1v) is 6.82. The number of rotatable bonds is 2. The molecule has 7 heteroatoms. The Kier molecular flexibility index (Phi) is 2.15. The molecule has 0 fully saturated rings. The summed E-state index contributed by atoms with van der Waals surface area (Å²) in [7, 11) is -3.04. The van der Waals surface area contributed by atoms with E-state index in [0.29, 0.717) is 5.82 Å². The predicted molar refractivity (Wildman–Crippen MR) is 63.3 cm³/mol. The second-order valence-electron chi connectivity index (χ2n) is 3.86. The van der Waals surface area contributed by atoms with Crippen molar-refractivity contribution in [2.24, 2.45) is 0 Å². The summed E-state index contributed by atoms with van der Waals surface area (Å²) in [6.45, 7) is 0. The number of hydrogen-bond acceptors (Lipinski definition) is 5. The van der Waals surface area contributed by atoms with E-state index in [2.05, 4.69) is 15.4 Å². The average Bonchev–Trinajstić information content (AvgIpc) is 2.84. The Morgan fingerprint density at radius 3 is 3.06 bits per heavy atom. The van der Waals surface area contributed by atoms with Crippen LogP contribution in [-0.4, -0.2) is 34.8 Å². The molecule has 0 aromatic carbocycles. The summed E-state index contributed by atoms with van der Waals surface area (Å²) < 4.78 is 24.1. The molecule has 0 radical (unpaired) electrons. The molecule has 0 amide bonds. The zero-order valence-corrected chi connectivity index (χ0v) is 9.63. The molecule has 17 heavy (non-hydrogen) atoms. The van der Waals surface area contributed by atoms with Gasteiger partial charge in [0.1, 0.15) is 5.82 Å². The van der Waals surface area contributed by atoms with Crippen LogP contribution in [0.2, 0.25) is 0 Å². The van der Waals surface area contributed by atoms with Crippen LogP contribution in [0.4, 0.5) is 5.82 Å². The van der Waals surface area contributed by atoms with Gasteiger partial charge in [0.15, 0.2) is 15.5 Å². The van der Waals surface area contributed by atoms with Crippen molar-refractivity contribution < 1.29 is 8.42 Å². The van der Waals surface area contributed by atoms with Gasteiger partial charge in [-0.2, -0.15) is 5.10 Å². The van der Waals surface area contributed by atoms with Gasteiger partial charge in [0.05, 0.1) is 18.0 Å². The van der Waals surface area contributed by atoms with Crippen molar-refractivity contribution in [3.63, 3.8) is 0 Å². The minimum atomic E-state index is -3.04. The minimum absolute atomic E-state index is 0.0825. The van der Waals surface area contributed by atoms with Crippen LogP contribution < -0.4 is 5.32 Å². The van der Waals surface area contributed by atoms with E-state index in [0.717, 1.165) is 5.65 Å². The Morgan fingerprint density at radius 2 is 2.29 bits per heavy atom. The molecule has 2 aromatic rings. The number of hydrogen-bond donors (Lipinski definition) is 1. The Morgan fingerprint density at radius 1 is 1.41 bits per heavy atom.